The average molecular weight is 276 g/mol. The van der Waals surface area contributed by atoms with E-state index >= 15 is 0 Å². The van der Waals surface area contributed by atoms with Gasteiger partial charge in [-0.15, -0.1) is 0 Å². The van der Waals surface area contributed by atoms with Crippen LogP contribution in [0.1, 0.15) is 98.7 Å². The summed E-state index contributed by atoms with van der Waals surface area (Å²) < 4.78 is 0. The predicted molar refractivity (Wildman–Crippen MR) is 89.6 cm³/mol. The first-order valence-electron chi connectivity index (χ1n) is 8.22. The van der Waals surface area contributed by atoms with E-state index in [-0.39, 0.29) is 8.85 Å². The van der Waals surface area contributed by atoms with E-state index < -0.39 is 0 Å². The molecule has 0 atom stereocenters. The van der Waals surface area contributed by atoms with Crippen molar-refractivity contribution < 1.29 is 6.53 Å². The van der Waals surface area contributed by atoms with Gasteiger partial charge < -0.3 is 10.8 Å². The fourth-order valence-corrected chi connectivity index (χ4v) is 2.38. The molecule has 0 aliphatic rings. The lowest BCUT2D eigenvalue weighted by Crippen LogP contribution is -1.97. The van der Waals surface area contributed by atoms with Crippen molar-refractivity contribution in [1.29, 1.82) is 0 Å². The van der Waals surface area contributed by atoms with Crippen molar-refractivity contribution in [2.24, 2.45) is 5.73 Å². The highest BCUT2D eigenvalue weighted by molar-refractivity contribution is 4.49. The Morgan fingerprint density at radius 3 is 1.05 bits per heavy atom. The minimum atomic E-state index is 0. The fraction of sp³-hybridized carbons (Fsp3) is 1.00. The first-order chi connectivity index (χ1) is 8.91. The zero-order chi connectivity index (χ0) is 13.3. The molecule has 0 saturated carbocycles. The minimum Gasteiger partial charge on any atom is -0.396 e. The molecule has 0 spiro atoms. The van der Waals surface area contributed by atoms with Crippen LogP contribution in [-0.2, 0) is 0 Å². The molecular formula is C17H41NO. The third-order valence-corrected chi connectivity index (χ3v) is 3.61. The van der Waals surface area contributed by atoms with Gasteiger partial charge in [0.15, 0.2) is 0 Å². The molecule has 0 aromatic heterocycles. The van der Waals surface area contributed by atoms with Gasteiger partial charge in [-0.25, -0.2) is 0 Å². The van der Waals surface area contributed by atoms with Gasteiger partial charge in [-0.05, 0) is 19.4 Å². The largest absolute Gasteiger partial charge is 0.396 e. The number of hydrogen-bond donors (Lipinski definition) is 2. The van der Waals surface area contributed by atoms with Gasteiger partial charge in [0.1, 0.15) is 0 Å². The van der Waals surface area contributed by atoms with Crippen LogP contribution in [0.25, 0.3) is 0 Å². The average Bonchev–Trinajstić information content (AvgIpc) is 2.39. The van der Waals surface area contributed by atoms with Crippen LogP contribution in [0.3, 0.4) is 0 Å². The summed E-state index contributed by atoms with van der Waals surface area (Å²) in [5.41, 5.74) is 5.46. The molecule has 0 aliphatic heterocycles. The van der Waals surface area contributed by atoms with Crippen LogP contribution >= 0.6 is 0 Å². The maximum atomic E-state index is 8.65. The van der Waals surface area contributed by atoms with Gasteiger partial charge >= 0.3 is 0 Å². The van der Waals surface area contributed by atoms with E-state index in [1.54, 1.807) is 0 Å². The summed E-state index contributed by atoms with van der Waals surface area (Å²) in [4.78, 5) is 0. The van der Waals surface area contributed by atoms with Crippen LogP contribution in [0.4, 0.5) is 0 Å². The highest BCUT2D eigenvalue weighted by atomic mass is 16.2. The van der Waals surface area contributed by atoms with Gasteiger partial charge in [-0.2, -0.15) is 0 Å². The normalized spacial score (nSPS) is 10.4. The van der Waals surface area contributed by atoms with Gasteiger partial charge in [0.2, 0.25) is 0 Å². The lowest BCUT2D eigenvalue weighted by Gasteiger charge is -2.02. The Kier molecular flexibility index (Phi) is 22.6. The molecule has 0 rings (SSSR count). The van der Waals surface area contributed by atoms with Crippen molar-refractivity contribution in [3.63, 3.8) is 0 Å². The van der Waals surface area contributed by atoms with E-state index in [2.05, 4.69) is 0 Å². The Hall–Kier alpha value is -0.0800. The van der Waals surface area contributed by atoms with Crippen LogP contribution in [0, 0.1) is 0 Å². The van der Waals surface area contributed by atoms with E-state index in [4.69, 9.17) is 10.8 Å². The predicted octanol–water partition coefficient (Wildman–Crippen LogP) is 5.28. The quantitative estimate of drug-likeness (QED) is 0.399. The highest BCUT2D eigenvalue weighted by Crippen LogP contribution is 2.12. The van der Waals surface area contributed by atoms with Gasteiger partial charge in [-0.1, -0.05) is 84.5 Å². The highest BCUT2D eigenvalue weighted by Gasteiger charge is 1.93. The lowest BCUT2D eigenvalue weighted by atomic mass is 10.0. The molecule has 0 fully saturated rings. The first kappa shape index (κ1) is 21.2. The summed E-state index contributed by atoms with van der Waals surface area (Å²) >= 11 is 0. The smallest absolute Gasteiger partial charge is 0.0431 e. The second-order valence-electron chi connectivity index (χ2n) is 5.46. The van der Waals surface area contributed by atoms with Gasteiger partial charge in [0, 0.05) is 8.03 Å². The van der Waals surface area contributed by atoms with E-state index in [1.807, 2.05) is 0 Å². The van der Waals surface area contributed by atoms with Crippen LogP contribution in [0.2, 0.25) is 0 Å². The topological polar surface area (TPSA) is 46.2 Å². The minimum absolute atomic E-state index is 0. The molecule has 0 heterocycles. The molecule has 0 amide bonds. The van der Waals surface area contributed by atoms with Crippen molar-refractivity contribution in [1.82, 2.24) is 0 Å². The zero-order valence-electron chi connectivity index (χ0n) is 12.3. The number of hydrogen-bond acceptors (Lipinski definition) is 2. The summed E-state index contributed by atoms with van der Waals surface area (Å²) in [5.74, 6) is 0. The molecule has 0 aromatic carbocycles. The van der Waals surface area contributed by atoms with Crippen molar-refractivity contribution in [2.45, 2.75) is 97.3 Å². The van der Waals surface area contributed by atoms with E-state index in [1.165, 1.54) is 83.5 Å². The molecule has 2 heteroatoms. The molecule has 2 nitrogen and oxygen atoms in total. The van der Waals surface area contributed by atoms with Crippen molar-refractivity contribution >= 4 is 0 Å². The SMILES string of the molecule is C.NCCCCCCCCCCCCCCCCO.[HH]. The lowest BCUT2D eigenvalue weighted by molar-refractivity contribution is 0.282. The maximum absolute atomic E-state index is 8.65. The molecule has 0 radical (unpaired) electrons. The Morgan fingerprint density at radius 2 is 0.789 bits per heavy atom. The van der Waals surface area contributed by atoms with E-state index in [0.717, 1.165) is 13.0 Å². The monoisotopic (exact) mass is 275 g/mol. The Morgan fingerprint density at radius 1 is 0.526 bits per heavy atom. The number of rotatable bonds is 15. The summed E-state index contributed by atoms with van der Waals surface area (Å²) in [6, 6.07) is 0. The fourth-order valence-electron chi connectivity index (χ4n) is 2.38. The second kappa shape index (κ2) is 20.2. The third-order valence-electron chi connectivity index (χ3n) is 3.61. The molecule has 0 bridgehead atoms. The number of unbranched alkanes of at least 4 members (excludes halogenated alkanes) is 13. The summed E-state index contributed by atoms with van der Waals surface area (Å²) in [5, 5.41) is 8.65. The van der Waals surface area contributed by atoms with Crippen LogP contribution in [-0.4, -0.2) is 18.3 Å². The molecular weight excluding hydrogens is 234 g/mol. The maximum Gasteiger partial charge on any atom is 0.0431 e. The van der Waals surface area contributed by atoms with Crippen LogP contribution < -0.4 is 5.73 Å². The second-order valence-corrected chi connectivity index (χ2v) is 5.46. The van der Waals surface area contributed by atoms with Gasteiger partial charge in [0.05, 0.1) is 0 Å². The zero-order valence-corrected chi connectivity index (χ0v) is 12.3. The molecule has 19 heavy (non-hydrogen) atoms. The molecule has 0 saturated heterocycles. The Labute approximate surface area is 123 Å². The van der Waals surface area contributed by atoms with Crippen LogP contribution in [0.5, 0.6) is 0 Å². The van der Waals surface area contributed by atoms with Crippen molar-refractivity contribution in [2.75, 3.05) is 13.2 Å². The van der Waals surface area contributed by atoms with Crippen LogP contribution in [0.15, 0.2) is 0 Å². The molecule has 0 aromatic rings. The van der Waals surface area contributed by atoms with Gasteiger partial charge in [-0.3, -0.25) is 0 Å². The Bertz CT molecular complexity index is 129. The first-order valence-corrected chi connectivity index (χ1v) is 8.22. The molecule has 120 valence electrons. The third kappa shape index (κ3) is 20.4. The summed E-state index contributed by atoms with van der Waals surface area (Å²) in [6.45, 7) is 1.23. The van der Waals surface area contributed by atoms with E-state index in [0.29, 0.717) is 6.61 Å². The Balaban J connectivity index is -0.00000144. The summed E-state index contributed by atoms with van der Waals surface area (Å²) in [6.07, 6.45) is 18.7. The molecule has 0 unspecified atom stereocenters. The molecule has 3 N–H and O–H groups in total. The molecule has 0 aliphatic carbocycles. The number of aliphatic hydroxyl groups excluding tert-OH is 1. The standard InChI is InChI=1S/C16H35NO.CH4.H2/c17-15-13-11-9-7-5-3-1-2-4-6-8-10-12-14-16-18;;/h18H,1-17H2;1H4;1H. The van der Waals surface area contributed by atoms with Crippen molar-refractivity contribution in [3.8, 4) is 0 Å². The van der Waals surface area contributed by atoms with Gasteiger partial charge in [0.25, 0.3) is 0 Å². The van der Waals surface area contributed by atoms with E-state index in [9.17, 15) is 0 Å². The summed E-state index contributed by atoms with van der Waals surface area (Å²) in [7, 11) is 0. The van der Waals surface area contributed by atoms with Crippen molar-refractivity contribution in [3.05, 3.63) is 0 Å². The number of aliphatic hydroxyl groups is 1. The number of nitrogens with two attached hydrogens (primary N) is 1.